The fourth-order valence-corrected chi connectivity index (χ4v) is 4.48. The minimum atomic E-state index is -0.206. The van der Waals surface area contributed by atoms with Crippen LogP contribution in [0.1, 0.15) is 59.7 Å². The molecule has 0 bridgehead atoms. The molecule has 1 aliphatic carbocycles. The molecule has 1 heterocycles. The van der Waals surface area contributed by atoms with Gasteiger partial charge in [-0.1, -0.05) is 6.07 Å². The minimum Gasteiger partial charge on any atom is -0.484 e. The molecule has 1 atom stereocenters. The molecule has 158 valence electrons. The van der Waals surface area contributed by atoms with E-state index in [-0.39, 0.29) is 24.5 Å². The van der Waals surface area contributed by atoms with Crippen LogP contribution < -0.4 is 10.1 Å². The number of carbonyl (C=O) groups is 2. The Morgan fingerprint density at radius 2 is 1.90 bits per heavy atom. The van der Waals surface area contributed by atoms with E-state index >= 15 is 0 Å². The Bertz CT molecular complexity index is 953. The molecular formula is C25H30N2O3. The first-order valence-corrected chi connectivity index (χ1v) is 11.0. The number of ether oxygens (including phenoxy) is 1. The monoisotopic (exact) mass is 406 g/mol. The summed E-state index contributed by atoms with van der Waals surface area (Å²) in [4.78, 5) is 27.2. The molecule has 0 radical (unpaired) electrons. The number of fused-ring (bicyclic) bond motifs is 1. The van der Waals surface area contributed by atoms with Gasteiger partial charge < -0.3 is 15.0 Å². The number of likely N-dealkylation sites (tertiary alicyclic amines) is 1. The zero-order valence-corrected chi connectivity index (χ0v) is 17.9. The van der Waals surface area contributed by atoms with Crippen molar-refractivity contribution in [1.82, 2.24) is 4.90 Å². The van der Waals surface area contributed by atoms with Crippen LogP contribution in [0.15, 0.2) is 36.4 Å². The van der Waals surface area contributed by atoms with Gasteiger partial charge in [-0.05, 0) is 99.4 Å². The second kappa shape index (κ2) is 8.90. The molecule has 1 unspecified atom stereocenters. The number of hydrogen-bond acceptors (Lipinski definition) is 3. The van der Waals surface area contributed by atoms with Gasteiger partial charge >= 0.3 is 0 Å². The van der Waals surface area contributed by atoms with E-state index in [1.807, 2.05) is 36.1 Å². The van der Waals surface area contributed by atoms with Gasteiger partial charge in [0, 0.05) is 23.8 Å². The fourth-order valence-electron chi connectivity index (χ4n) is 4.48. The molecule has 5 heteroatoms. The maximum Gasteiger partial charge on any atom is 0.262 e. The molecule has 2 aliphatic rings. The molecule has 30 heavy (non-hydrogen) atoms. The number of hydrogen-bond donors (Lipinski definition) is 1. The van der Waals surface area contributed by atoms with Gasteiger partial charge in [0.1, 0.15) is 5.75 Å². The summed E-state index contributed by atoms with van der Waals surface area (Å²) in [6.45, 7) is 4.80. The van der Waals surface area contributed by atoms with E-state index in [0.29, 0.717) is 11.3 Å². The Hall–Kier alpha value is -2.82. The maximum atomic E-state index is 12.9. The lowest BCUT2D eigenvalue weighted by atomic mass is 10.0. The van der Waals surface area contributed by atoms with Crippen molar-refractivity contribution < 1.29 is 14.3 Å². The van der Waals surface area contributed by atoms with Crippen LogP contribution in [0.5, 0.6) is 5.75 Å². The van der Waals surface area contributed by atoms with Crippen molar-refractivity contribution in [3.05, 3.63) is 58.7 Å². The summed E-state index contributed by atoms with van der Waals surface area (Å²) >= 11 is 0. The number of amides is 2. The van der Waals surface area contributed by atoms with Gasteiger partial charge in [0.2, 0.25) is 0 Å². The van der Waals surface area contributed by atoms with Crippen LogP contribution in [0.4, 0.5) is 5.69 Å². The maximum absolute atomic E-state index is 12.9. The number of benzene rings is 2. The van der Waals surface area contributed by atoms with Gasteiger partial charge in [-0.3, -0.25) is 9.59 Å². The summed E-state index contributed by atoms with van der Waals surface area (Å²) < 4.78 is 5.69. The van der Waals surface area contributed by atoms with E-state index in [0.717, 1.165) is 43.5 Å². The summed E-state index contributed by atoms with van der Waals surface area (Å²) in [6.07, 6.45) is 6.70. The molecule has 2 aromatic rings. The predicted molar refractivity (Wildman–Crippen MR) is 118 cm³/mol. The summed E-state index contributed by atoms with van der Waals surface area (Å²) in [5.74, 6) is 0.601. The SMILES string of the molecule is Cc1cc(C(=O)N2CCCCC2C)ccc1NC(=O)COc1ccc2c(c1)CCC2. The third-order valence-corrected chi connectivity index (χ3v) is 6.25. The first-order chi connectivity index (χ1) is 14.5. The van der Waals surface area contributed by atoms with Crippen LogP contribution in [-0.4, -0.2) is 35.9 Å². The number of rotatable bonds is 5. The quantitative estimate of drug-likeness (QED) is 0.794. The van der Waals surface area contributed by atoms with E-state index in [2.05, 4.69) is 18.3 Å². The third kappa shape index (κ3) is 4.50. The highest BCUT2D eigenvalue weighted by molar-refractivity contribution is 5.97. The Labute approximate surface area is 178 Å². The molecule has 1 fully saturated rings. The lowest BCUT2D eigenvalue weighted by Gasteiger charge is -2.33. The average Bonchev–Trinajstić information content (AvgIpc) is 3.21. The van der Waals surface area contributed by atoms with Crippen LogP contribution in [0, 0.1) is 6.92 Å². The zero-order valence-electron chi connectivity index (χ0n) is 17.9. The van der Waals surface area contributed by atoms with Gasteiger partial charge in [-0.25, -0.2) is 0 Å². The van der Waals surface area contributed by atoms with Crippen molar-refractivity contribution in [1.29, 1.82) is 0 Å². The second-order valence-corrected chi connectivity index (χ2v) is 8.49. The number of piperidine rings is 1. The van der Waals surface area contributed by atoms with E-state index in [1.165, 1.54) is 24.0 Å². The average molecular weight is 407 g/mol. The number of anilines is 1. The van der Waals surface area contributed by atoms with Crippen molar-refractivity contribution >= 4 is 17.5 Å². The normalized spacial score (nSPS) is 18.1. The lowest BCUT2D eigenvalue weighted by Crippen LogP contribution is -2.42. The summed E-state index contributed by atoms with van der Waals surface area (Å²) in [5, 5.41) is 2.90. The number of carbonyl (C=O) groups excluding carboxylic acids is 2. The largest absolute Gasteiger partial charge is 0.484 e. The van der Waals surface area contributed by atoms with Crippen LogP contribution in [0.25, 0.3) is 0 Å². The van der Waals surface area contributed by atoms with Crippen LogP contribution in [0.3, 0.4) is 0 Å². The molecule has 0 aromatic heterocycles. The highest BCUT2D eigenvalue weighted by Gasteiger charge is 2.24. The third-order valence-electron chi connectivity index (χ3n) is 6.25. The van der Waals surface area contributed by atoms with Crippen molar-refractivity contribution in [2.24, 2.45) is 0 Å². The predicted octanol–water partition coefficient (Wildman–Crippen LogP) is 4.52. The van der Waals surface area contributed by atoms with Gasteiger partial charge in [-0.2, -0.15) is 0 Å². The molecule has 1 saturated heterocycles. The van der Waals surface area contributed by atoms with Crippen molar-refractivity contribution in [3.8, 4) is 5.75 Å². The summed E-state index contributed by atoms with van der Waals surface area (Å²) in [6, 6.07) is 11.8. The Morgan fingerprint density at radius 3 is 2.70 bits per heavy atom. The second-order valence-electron chi connectivity index (χ2n) is 8.49. The van der Waals surface area contributed by atoms with Crippen LogP contribution in [-0.2, 0) is 17.6 Å². The molecular weight excluding hydrogens is 376 g/mol. The first-order valence-electron chi connectivity index (χ1n) is 11.0. The minimum absolute atomic E-state index is 0.0375. The molecule has 0 saturated carbocycles. The van der Waals surface area contributed by atoms with E-state index in [4.69, 9.17) is 4.74 Å². The molecule has 0 spiro atoms. The van der Waals surface area contributed by atoms with E-state index in [1.54, 1.807) is 6.07 Å². The van der Waals surface area contributed by atoms with Crippen LogP contribution >= 0.6 is 0 Å². The Kier molecular flexibility index (Phi) is 6.07. The molecule has 2 amide bonds. The van der Waals surface area contributed by atoms with Crippen molar-refractivity contribution in [3.63, 3.8) is 0 Å². The first kappa shape index (κ1) is 20.5. The lowest BCUT2D eigenvalue weighted by molar-refractivity contribution is -0.118. The topological polar surface area (TPSA) is 58.6 Å². The molecule has 4 rings (SSSR count). The number of nitrogens with one attached hydrogen (secondary N) is 1. The van der Waals surface area contributed by atoms with Crippen LogP contribution in [0.2, 0.25) is 0 Å². The smallest absolute Gasteiger partial charge is 0.262 e. The number of nitrogens with zero attached hydrogens (tertiary/aromatic N) is 1. The molecule has 1 N–H and O–H groups in total. The standard InChI is InChI=1S/C25H30N2O3/c1-17-14-21(25(29)27-13-4-3-6-18(27)2)10-12-23(17)26-24(28)16-30-22-11-9-19-7-5-8-20(19)15-22/h9-12,14-15,18H,3-8,13,16H2,1-2H3,(H,26,28). The highest BCUT2D eigenvalue weighted by atomic mass is 16.5. The van der Waals surface area contributed by atoms with Gasteiger partial charge in [0.05, 0.1) is 0 Å². The van der Waals surface area contributed by atoms with E-state index in [9.17, 15) is 9.59 Å². The highest BCUT2D eigenvalue weighted by Crippen LogP contribution is 2.26. The number of aryl methyl sites for hydroxylation is 3. The Balaban J connectivity index is 1.35. The molecule has 2 aromatic carbocycles. The van der Waals surface area contributed by atoms with Crippen molar-refractivity contribution in [2.75, 3.05) is 18.5 Å². The van der Waals surface area contributed by atoms with E-state index < -0.39 is 0 Å². The van der Waals surface area contributed by atoms with Gasteiger partial charge in [0.15, 0.2) is 6.61 Å². The molecule has 1 aliphatic heterocycles. The fraction of sp³-hybridized carbons (Fsp3) is 0.440. The zero-order chi connectivity index (χ0) is 21.1. The summed E-state index contributed by atoms with van der Waals surface area (Å²) in [5.41, 5.74) is 4.97. The summed E-state index contributed by atoms with van der Waals surface area (Å²) in [7, 11) is 0. The Morgan fingerprint density at radius 1 is 1.07 bits per heavy atom. The van der Waals surface area contributed by atoms with Crippen molar-refractivity contribution in [2.45, 2.75) is 58.4 Å². The van der Waals surface area contributed by atoms with Gasteiger partial charge in [-0.15, -0.1) is 0 Å². The molecule has 5 nitrogen and oxygen atoms in total. The van der Waals surface area contributed by atoms with Gasteiger partial charge in [0.25, 0.3) is 11.8 Å².